The van der Waals surface area contributed by atoms with Gasteiger partial charge in [0.2, 0.25) is 5.91 Å². The molecule has 1 fully saturated rings. The fourth-order valence-corrected chi connectivity index (χ4v) is 4.51. The van der Waals surface area contributed by atoms with E-state index in [1.165, 1.54) is 17.0 Å². The molecular formula is C15H24ClN3OS. The molecule has 0 bridgehead atoms. The maximum Gasteiger partial charge on any atom is 0.226 e. The summed E-state index contributed by atoms with van der Waals surface area (Å²) in [5.74, 6) is 1.17. The minimum Gasteiger partial charge on any atom is -0.327 e. The van der Waals surface area contributed by atoms with Crippen molar-refractivity contribution < 1.29 is 4.79 Å². The van der Waals surface area contributed by atoms with Crippen molar-refractivity contribution in [3.05, 3.63) is 10.6 Å². The Balaban J connectivity index is 0.00000161. The van der Waals surface area contributed by atoms with Crippen LogP contribution in [0, 0.1) is 11.8 Å². The van der Waals surface area contributed by atoms with E-state index in [4.69, 9.17) is 5.73 Å². The van der Waals surface area contributed by atoms with E-state index in [9.17, 15) is 4.79 Å². The maximum atomic E-state index is 12.1. The molecule has 2 aliphatic carbocycles. The van der Waals surface area contributed by atoms with Crippen LogP contribution in [0.5, 0.6) is 0 Å². The molecule has 1 unspecified atom stereocenters. The quantitative estimate of drug-likeness (QED) is 0.895. The second-order valence-corrected chi connectivity index (χ2v) is 7.43. The van der Waals surface area contributed by atoms with Gasteiger partial charge in [0.05, 0.1) is 5.69 Å². The van der Waals surface area contributed by atoms with E-state index in [1.807, 2.05) is 0 Å². The van der Waals surface area contributed by atoms with Crippen LogP contribution in [0.25, 0.3) is 0 Å². The minimum absolute atomic E-state index is 0. The highest BCUT2D eigenvalue weighted by Crippen LogP contribution is 2.32. The van der Waals surface area contributed by atoms with Crippen molar-refractivity contribution in [1.29, 1.82) is 0 Å². The Kier molecular flexibility index (Phi) is 5.63. The molecule has 21 heavy (non-hydrogen) atoms. The summed E-state index contributed by atoms with van der Waals surface area (Å²) in [5.41, 5.74) is 7.22. The molecule has 1 heterocycles. The van der Waals surface area contributed by atoms with Crippen molar-refractivity contribution in [2.24, 2.45) is 17.6 Å². The van der Waals surface area contributed by atoms with Gasteiger partial charge >= 0.3 is 0 Å². The summed E-state index contributed by atoms with van der Waals surface area (Å²) in [6, 6.07) is 0.200. The van der Waals surface area contributed by atoms with E-state index in [0.717, 1.165) is 43.2 Å². The molecule has 118 valence electrons. The van der Waals surface area contributed by atoms with Gasteiger partial charge in [-0.1, -0.05) is 13.3 Å². The number of carbonyl (C=O) groups excluding carboxylic acids is 1. The number of hydrogen-bond donors (Lipinski definition) is 2. The monoisotopic (exact) mass is 329 g/mol. The highest BCUT2D eigenvalue weighted by atomic mass is 35.5. The average molecular weight is 330 g/mol. The first kappa shape index (κ1) is 16.7. The predicted molar refractivity (Wildman–Crippen MR) is 89.1 cm³/mol. The number of carbonyl (C=O) groups is 1. The smallest absolute Gasteiger partial charge is 0.226 e. The lowest BCUT2D eigenvalue weighted by atomic mass is 9.93. The first-order valence-corrected chi connectivity index (χ1v) is 8.47. The van der Waals surface area contributed by atoms with Gasteiger partial charge in [-0.05, 0) is 43.9 Å². The van der Waals surface area contributed by atoms with Gasteiger partial charge in [-0.15, -0.1) is 23.7 Å². The summed E-state index contributed by atoms with van der Waals surface area (Å²) in [7, 11) is 0. The standard InChI is InChI=1S/C15H23N3OS.ClH/c1-9-5-6-12-13(7-9)20-15(17-12)18-14(19)8-10-3-2-4-11(10)16;/h9-11H,2-8,16H2,1H3,(H,17,18,19);1H/t9?,10-,11+;/m0./s1. The van der Waals surface area contributed by atoms with E-state index in [-0.39, 0.29) is 24.4 Å². The van der Waals surface area contributed by atoms with Crippen LogP contribution in [0.4, 0.5) is 5.13 Å². The molecule has 3 N–H and O–H groups in total. The molecular weight excluding hydrogens is 306 g/mol. The topological polar surface area (TPSA) is 68.0 Å². The van der Waals surface area contributed by atoms with E-state index in [0.29, 0.717) is 12.3 Å². The fraction of sp³-hybridized carbons (Fsp3) is 0.733. The Morgan fingerprint density at radius 1 is 1.43 bits per heavy atom. The van der Waals surface area contributed by atoms with Crippen molar-refractivity contribution in [2.45, 2.75) is 57.9 Å². The third kappa shape index (κ3) is 3.96. The van der Waals surface area contributed by atoms with Gasteiger partial charge in [0.25, 0.3) is 0 Å². The zero-order chi connectivity index (χ0) is 14.1. The zero-order valence-electron chi connectivity index (χ0n) is 12.4. The molecule has 3 rings (SSSR count). The van der Waals surface area contributed by atoms with Crippen LogP contribution < -0.4 is 11.1 Å². The van der Waals surface area contributed by atoms with Crippen molar-refractivity contribution in [2.75, 3.05) is 5.32 Å². The Labute approximate surface area is 136 Å². The van der Waals surface area contributed by atoms with Crippen molar-refractivity contribution in [3.8, 4) is 0 Å². The first-order valence-electron chi connectivity index (χ1n) is 7.66. The van der Waals surface area contributed by atoms with Crippen LogP contribution in [-0.4, -0.2) is 16.9 Å². The number of fused-ring (bicyclic) bond motifs is 1. The third-order valence-electron chi connectivity index (χ3n) is 4.60. The predicted octanol–water partition coefficient (Wildman–Crippen LogP) is 3.15. The molecule has 0 aromatic carbocycles. The Bertz CT molecular complexity index is 505. The molecule has 2 aliphatic rings. The van der Waals surface area contributed by atoms with Crippen molar-refractivity contribution in [3.63, 3.8) is 0 Å². The van der Waals surface area contributed by atoms with Gasteiger partial charge in [0.15, 0.2) is 5.13 Å². The summed E-state index contributed by atoms with van der Waals surface area (Å²) in [6.45, 7) is 2.28. The molecule has 0 radical (unpaired) electrons. The van der Waals surface area contributed by atoms with Crippen LogP contribution in [-0.2, 0) is 17.6 Å². The van der Waals surface area contributed by atoms with Crippen molar-refractivity contribution >= 4 is 34.8 Å². The normalized spacial score (nSPS) is 27.8. The molecule has 0 aliphatic heterocycles. The van der Waals surface area contributed by atoms with Crippen molar-refractivity contribution in [1.82, 2.24) is 4.98 Å². The summed E-state index contributed by atoms with van der Waals surface area (Å²) in [5, 5.41) is 3.75. The summed E-state index contributed by atoms with van der Waals surface area (Å²) in [6.07, 6.45) is 7.21. The summed E-state index contributed by atoms with van der Waals surface area (Å²) < 4.78 is 0. The molecule has 6 heteroatoms. The third-order valence-corrected chi connectivity index (χ3v) is 5.63. The first-order chi connectivity index (χ1) is 9.61. The number of nitrogens with two attached hydrogens (primary N) is 1. The van der Waals surface area contributed by atoms with E-state index in [2.05, 4.69) is 17.2 Å². The SMILES string of the molecule is CC1CCc2nc(NC(=O)C[C@@H]3CCC[C@H]3N)sc2C1.Cl. The molecule has 3 atom stereocenters. The van der Waals surface area contributed by atoms with Gasteiger partial charge < -0.3 is 11.1 Å². The highest BCUT2D eigenvalue weighted by Gasteiger charge is 2.27. The van der Waals surface area contributed by atoms with Crippen LogP contribution in [0.3, 0.4) is 0 Å². The van der Waals surface area contributed by atoms with Gasteiger partial charge in [-0.25, -0.2) is 4.98 Å². The van der Waals surface area contributed by atoms with Crippen LogP contribution in [0.1, 0.15) is 49.6 Å². The molecule has 0 saturated heterocycles. The highest BCUT2D eigenvalue weighted by molar-refractivity contribution is 7.15. The maximum absolute atomic E-state index is 12.1. The number of hydrogen-bond acceptors (Lipinski definition) is 4. The molecule has 0 spiro atoms. The number of nitrogens with zero attached hydrogens (tertiary/aromatic N) is 1. The molecule has 1 saturated carbocycles. The number of aromatic nitrogens is 1. The number of rotatable bonds is 3. The lowest BCUT2D eigenvalue weighted by molar-refractivity contribution is -0.117. The van der Waals surface area contributed by atoms with E-state index in [1.54, 1.807) is 11.3 Å². The number of nitrogens with one attached hydrogen (secondary N) is 1. The molecule has 4 nitrogen and oxygen atoms in total. The summed E-state index contributed by atoms with van der Waals surface area (Å²) in [4.78, 5) is 18.0. The lowest BCUT2D eigenvalue weighted by Gasteiger charge is -2.15. The minimum atomic E-state index is 0. The fourth-order valence-electron chi connectivity index (χ4n) is 3.32. The van der Waals surface area contributed by atoms with Crippen LogP contribution in [0.15, 0.2) is 0 Å². The largest absolute Gasteiger partial charge is 0.327 e. The van der Waals surface area contributed by atoms with Gasteiger partial charge in [-0.3, -0.25) is 4.79 Å². The average Bonchev–Trinajstić information content (AvgIpc) is 2.95. The van der Waals surface area contributed by atoms with Gasteiger partial charge in [0, 0.05) is 17.3 Å². The van der Waals surface area contributed by atoms with E-state index < -0.39 is 0 Å². The number of anilines is 1. The molecule has 1 aromatic heterocycles. The van der Waals surface area contributed by atoms with E-state index >= 15 is 0 Å². The van der Waals surface area contributed by atoms with Gasteiger partial charge in [-0.2, -0.15) is 0 Å². The Hall–Kier alpha value is -0.650. The number of amides is 1. The second-order valence-electron chi connectivity index (χ2n) is 6.34. The zero-order valence-corrected chi connectivity index (χ0v) is 14.1. The second kappa shape index (κ2) is 7.07. The lowest BCUT2D eigenvalue weighted by Crippen LogP contribution is -2.28. The Morgan fingerprint density at radius 2 is 2.24 bits per heavy atom. The number of halogens is 1. The number of aryl methyl sites for hydroxylation is 1. The molecule has 1 aromatic rings. The summed E-state index contributed by atoms with van der Waals surface area (Å²) >= 11 is 1.65. The van der Waals surface area contributed by atoms with Crippen LogP contribution in [0.2, 0.25) is 0 Å². The number of thiazole rings is 1. The van der Waals surface area contributed by atoms with Crippen LogP contribution >= 0.6 is 23.7 Å². The van der Waals surface area contributed by atoms with Gasteiger partial charge in [0.1, 0.15) is 0 Å². The molecule has 1 amide bonds. The Morgan fingerprint density at radius 3 is 2.95 bits per heavy atom.